The molecule has 4 rings (SSSR count). The van der Waals surface area contributed by atoms with Gasteiger partial charge in [0.2, 0.25) is 0 Å². The van der Waals surface area contributed by atoms with E-state index in [1.54, 1.807) is 6.07 Å². The zero-order valence-corrected chi connectivity index (χ0v) is 30.4. The van der Waals surface area contributed by atoms with E-state index in [2.05, 4.69) is 122 Å². The SMILES string of the molecule is CCC.CCCC1=CC=C=CC(CC)=C1c1nc(-c2cc(F)ccc2C)c(C)n1CC.CCN(C)C(C)C1=CC(C)(C)CC=C1. The molecule has 1 atom stereocenters. The van der Waals surface area contributed by atoms with E-state index in [1.165, 1.54) is 41.2 Å². The third-order valence-corrected chi connectivity index (χ3v) is 8.55. The Morgan fingerprint density at radius 2 is 1.78 bits per heavy atom. The van der Waals surface area contributed by atoms with Crippen LogP contribution in [0.5, 0.6) is 0 Å². The molecule has 0 aliphatic heterocycles. The molecule has 1 aromatic heterocycles. The lowest BCUT2D eigenvalue weighted by molar-refractivity contribution is 0.301. The van der Waals surface area contributed by atoms with Crippen LogP contribution in [0, 0.1) is 25.1 Å². The Hall–Kier alpha value is -3.20. The molecule has 0 spiro atoms. The van der Waals surface area contributed by atoms with Crippen molar-refractivity contribution in [3.05, 3.63) is 100 Å². The van der Waals surface area contributed by atoms with Crippen molar-refractivity contribution in [2.24, 2.45) is 5.41 Å². The molecule has 0 saturated heterocycles. The molecule has 1 unspecified atom stereocenters. The first-order chi connectivity index (χ1) is 21.4. The Morgan fingerprint density at radius 3 is 2.36 bits per heavy atom. The second kappa shape index (κ2) is 18.1. The third-order valence-electron chi connectivity index (χ3n) is 8.55. The number of aromatic nitrogens is 2. The fourth-order valence-electron chi connectivity index (χ4n) is 5.76. The largest absolute Gasteiger partial charge is 0.328 e. The van der Waals surface area contributed by atoms with Crippen molar-refractivity contribution >= 4 is 5.57 Å². The van der Waals surface area contributed by atoms with Gasteiger partial charge < -0.3 is 4.57 Å². The Bertz CT molecular complexity index is 1450. The van der Waals surface area contributed by atoms with Gasteiger partial charge in [-0.25, -0.2) is 9.37 Å². The van der Waals surface area contributed by atoms with Crippen molar-refractivity contribution in [2.45, 2.75) is 121 Å². The topological polar surface area (TPSA) is 21.1 Å². The molecule has 1 heterocycles. The number of imidazole rings is 1. The van der Waals surface area contributed by atoms with Gasteiger partial charge in [-0.05, 0) is 113 Å². The predicted molar refractivity (Wildman–Crippen MR) is 195 cm³/mol. The van der Waals surface area contributed by atoms with Crippen molar-refractivity contribution in [1.82, 2.24) is 14.5 Å². The summed E-state index contributed by atoms with van der Waals surface area (Å²) in [6, 6.07) is 5.47. The lowest BCUT2D eigenvalue weighted by Gasteiger charge is -2.30. The number of nitrogens with zero attached hydrogens (tertiary/aromatic N) is 3. The first-order valence-corrected chi connectivity index (χ1v) is 17.2. The number of likely N-dealkylation sites (N-methyl/N-ethyl adjacent to an activating group) is 1. The molecule has 0 bridgehead atoms. The van der Waals surface area contributed by atoms with Gasteiger partial charge in [0.05, 0.1) is 5.69 Å². The molecule has 0 radical (unpaired) electrons. The molecule has 45 heavy (non-hydrogen) atoms. The maximum atomic E-state index is 14.0. The minimum absolute atomic E-state index is 0.228. The Balaban J connectivity index is 0.000000347. The highest BCUT2D eigenvalue weighted by atomic mass is 19.1. The molecule has 0 amide bonds. The van der Waals surface area contributed by atoms with E-state index in [-0.39, 0.29) is 5.82 Å². The van der Waals surface area contributed by atoms with Gasteiger partial charge in [0.25, 0.3) is 0 Å². The number of benzene rings is 1. The fourth-order valence-corrected chi connectivity index (χ4v) is 5.76. The van der Waals surface area contributed by atoms with E-state index in [1.807, 2.05) is 19.1 Å². The van der Waals surface area contributed by atoms with E-state index < -0.39 is 0 Å². The molecule has 2 aromatic rings. The van der Waals surface area contributed by atoms with E-state index in [4.69, 9.17) is 4.98 Å². The molecule has 4 heteroatoms. The molecular weight excluding hydrogens is 553 g/mol. The second-order valence-electron chi connectivity index (χ2n) is 12.9. The lowest BCUT2D eigenvalue weighted by atomic mass is 9.82. The standard InChI is InChI=1S/C25H29FN2.C13H23N.C3H8/c1-6-11-20-13-10-9-12-19(7-2)23(20)25-27-24(18(5)28(25)8-3)22-16-21(26)15-14-17(22)4;1-6-14(5)11(2)12-8-7-9-13(3,4)10-12;1-3-2/h10,12-16H,6-8,11H2,1-5H3;7-8,10-11H,6,9H2,1-5H3;3H2,1-2H3. The van der Waals surface area contributed by atoms with Gasteiger partial charge >= 0.3 is 0 Å². The third kappa shape index (κ3) is 10.1. The van der Waals surface area contributed by atoms with Gasteiger partial charge in [0.1, 0.15) is 11.6 Å². The average Bonchev–Trinajstić information content (AvgIpc) is 3.19. The molecule has 0 N–H and O–H groups in total. The summed E-state index contributed by atoms with van der Waals surface area (Å²) in [4.78, 5) is 7.46. The van der Waals surface area contributed by atoms with Crippen molar-refractivity contribution in [2.75, 3.05) is 13.6 Å². The first kappa shape index (κ1) is 38.0. The molecule has 246 valence electrons. The number of hydrogen-bond donors (Lipinski definition) is 0. The van der Waals surface area contributed by atoms with Crippen LogP contribution in [0.4, 0.5) is 4.39 Å². The summed E-state index contributed by atoms with van der Waals surface area (Å²) in [6.45, 7) is 25.9. The number of hydrogen-bond acceptors (Lipinski definition) is 2. The second-order valence-corrected chi connectivity index (χ2v) is 12.9. The highest BCUT2D eigenvalue weighted by Gasteiger charge is 2.23. The van der Waals surface area contributed by atoms with Crippen LogP contribution in [0.2, 0.25) is 0 Å². The monoisotopic (exact) mass is 613 g/mol. The van der Waals surface area contributed by atoms with Crippen LogP contribution in [0.1, 0.15) is 111 Å². The van der Waals surface area contributed by atoms with E-state index in [0.717, 1.165) is 60.7 Å². The highest BCUT2D eigenvalue weighted by Crippen LogP contribution is 2.36. The number of allylic oxidation sites excluding steroid dienone is 7. The van der Waals surface area contributed by atoms with Crippen LogP contribution >= 0.6 is 0 Å². The Labute approximate surface area is 275 Å². The predicted octanol–water partition coefficient (Wildman–Crippen LogP) is 11.6. The maximum Gasteiger partial charge on any atom is 0.141 e. The summed E-state index contributed by atoms with van der Waals surface area (Å²) in [5.74, 6) is 0.748. The van der Waals surface area contributed by atoms with Crippen molar-refractivity contribution in [3.8, 4) is 11.3 Å². The zero-order valence-electron chi connectivity index (χ0n) is 30.4. The Kier molecular flexibility index (Phi) is 15.3. The molecule has 0 saturated carbocycles. The van der Waals surface area contributed by atoms with Crippen LogP contribution in [-0.2, 0) is 6.54 Å². The van der Waals surface area contributed by atoms with Crippen molar-refractivity contribution in [3.63, 3.8) is 0 Å². The minimum Gasteiger partial charge on any atom is -0.328 e. The fraction of sp³-hybridized carbons (Fsp3) is 0.512. The first-order valence-electron chi connectivity index (χ1n) is 17.2. The van der Waals surface area contributed by atoms with Crippen molar-refractivity contribution in [1.29, 1.82) is 0 Å². The summed E-state index contributed by atoms with van der Waals surface area (Å²) in [7, 11) is 2.18. The summed E-state index contributed by atoms with van der Waals surface area (Å²) in [5, 5.41) is 0. The van der Waals surface area contributed by atoms with Crippen LogP contribution in [0.25, 0.3) is 16.8 Å². The summed E-state index contributed by atoms with van der Waals surface area (Å²) < 4.78 is 16.2. The zero-order chi connectivity index (χ0) is 33.7. The average molecular weight is 614 g/mol. The number of aryl methyl sites for hydroxylation is 1. The normalized spacial score (nSPS) is 16.0. The quantitative estimate of drug-likeness (QED) is 0.262. The van der Waals surface area contributed by atoms with Crippen LogP contribution < -0.4 is 0 Å². The molecule has 2 aliphatic rings. The number of halogens is 1. The van der Waals surface area contributed by atoms with Crippen LogP contribution in [-0.4, -0.2) is 34.1 Å². The molecular formula is C41H60FN3. The van der Waals surface area contributed by atoms with Crippen LogP contribution in [0.3, 0.4) is 0 Å². The summed E-state index contributed by atoms with van der Waals surface area (Å²) in [5.41, 5.74) is 12.7. The maximum absolute atomic E-state index is 14.0. The molecule has 3 nitrogen and oxygen atoms in total. The van der Waals surface area contributed by atoms with Gasteiger partial charge in [-0.2, -0.15) is 0 Å². The van der Waals surface area contributed by atoms with E-state index in [9.17, 15) is 4.39 Å². The molecule has 2 aliphatic carbocycles. The van der Waals surface area contributed by atoms with Gasteiger partial charge in [-0.15, -0.1) is 5.73 Å². The van der Waals surface area contributed by atoms with Gasteiger partial charge in [-0.3, -0.25) is 4.90 Å². The summed E-state index contributed by atoms with van der Waals surface area (Å²) >= 11 is 0. The van der Waals surface area contributed by atoms with Gasteiger partial charge in [0, 0.05) is 29.4 Å². The smallest absolute Gasteiger partial charge is 0.141 e. The van der Waals surface area contributed by atoms with Crippen molar-refractivity contribution < 1.29 is 4.39 Å². The Morgan fingerprint density at radius 1 is 1.09 bits per heavy atom. The summed E-state index contributed by atoms with van der Waals surface area (Å²) in [6.07, 6.45) is 18.6. The highest BCUT2D eigenvalue weighted by molar-refractivity contribution is 5.83. The lowest BCUT2D eigenvalue weighted by Crippen LogP contribution is -2.31. The van der Waals surface area contributed by atoms with Gasteiger partial charge in [0.15, 0.2) is 0 Å². The van der Waals surface area contributed by atoms with E-state index in [0.29, 0.717) is 11.5 Å². The number of rotatable bonds is 9. The molecule has 1 aromatic carbocycles. The van der Waals surface area contributed by atoms with Crippen LogP contribution in [0.15, 0.2) is 77.1 Å². The van der Waals surface area contributed by atoms with E-state index >= 15 is 0 Å². The molecule has 0 fully saturated rings. The van der Waals surface area contributed by atoms with Gasteiger partial charge in [-0.1, -0.05) is 91.7 Å². The minimum atomic E-state index is -0.228.